The van der Waals surface area contributed by atoms with E-state index in [1.54, 1.807) is 12.3 Å². The van der Waals surface area contributed by atoms with Crippen LogP contribution in [-0.2, 0) is 0 Å². The number of hydrogen-bond acceptors (Lipinski definition) is 4. The molecule has 0 unspecified atom stereocenters. The van der Waals surface area contributed by atoms with Crippen LogP contribution in [0.4, 0.5) is 5.69 Å². The molecule has 1 fully saturated rings. The molecule has 1 aromatic rings. The molecule has 0 spiro atoms. The second-order valence-corrected chi connectivity index (χ2v) is 3.84. The van der Waals surface area contributed by atoms with Crippen molar-refractivity contribution in [3.8, 4) is 12.1 Å². The summed E-state index contributed by atoms with van der Waals surface area (Å²) < 4.78 is 0. The molecule has 0 amide bonds. The van der Waals surface area contributed by atoms with Gasteiger partial charge in [-0.15, -0.1) is 0 Å². The first-order valence-electron chi connectivity index (χ1n) is 5.35. The number of pyridine rings is 1. The molecule has 1 saturated carbocycles. The van der Waals surface area contributed by atoms with E-state index in [4.69, 9.17) is 10.5 Å². The van der Waals surface area contributed by atoms with Crippen molar-refractivity contribution in [2.45, 2.75) is 25.3 Å². The second kappa shape index (κ2) is 4.63. The molecule has 2 rings (SSSR count). The number of anilines is 1. The molecular weight excluding hydrogens is 200 g/mol. The Morgan fingerprint density at radius 1 is 1.44 bits per heavy atom. The van der Waals surface area contributed by atoms with Gasteiger partial charge in [0.1, 0.15) is 11.8 Å². The minimum absolute atomic E-state index is 0.431. The molecule has 16 heavy (non-hydrogen) atoms. The standard InChI is InChI=1S/C12H12N4/c13-5-1-7-16(11-2-3-11)12-4-6-15-10(8-12)9-14/h4,6,8,11H,1-3,7H2. The zero-order chi connectivity index (χ0) is 11.4. The van der Waals surface area contributed by atoms with Crippen LogP contribution < -0.4 is 4.90 Å². The van der Waals surface area contributed by atoms with Crippen molar-refractivity contribution < 1.29 is 0 Å². The Hall–Kier alpha value is -2.07. The lowest BCUT2D eigenvalue weighted by Gasteiger charge is -2.23. The van der Waals surface area contributed by atoms with Gasteiger partial charge >= 0.3 is 0 Å². The van der Waals surface area contributed by atoms with E-state index in [9.17, 15) is 0 Å². The maximum atomic E-state index is 8.79. The minimum Gasteiger partial charge on any atom is -0.367 e. The Morgan fingerprint density at radius 2 is 2.25 bits per heavy atom. The topological polar surface area (TPSA) is 63.7 Å². The Morgan fingerprint density at radius 3 is 2.88 bits per heavy atom. The van der Waals surface area contributed by atoms with Gasteiger partial charge in [0.15, 0.2) is 0 Å². The van der Waals surface area contributed by atoms with E-state index in [2.05, 4.69) is 16.0 Å². The fraction of sp³-hybridized carbons (Fsp3) is 0.417. The number of hydrogen-bond donors (Lipinski definition) is 0. The van der Waals surface area contributed by atoms with Gasteiger partial charge in [-0.2, -0.15) is 10.5 Å². The lowest BCUT2D eigenvalue weighted by atomic mass is 10.2. The van der Waals surface area contributed by atoms with E-state index in [0.717, 1.165) is 12.2 Å². The number of nitriles is 2. The first kappa shape index (κ1) is 10.4. The zero-order valence-corrected chi connectivity index (χ0v) is 8.93. The minimum atomic E-state index is 0.431. The largest absolute Gasteiger partial charge is 0.367 e. The van der Waals surface area contributed by atoms with Gasteiger partial charge in [0, 0.05) is 24.5 Å². The molecule has 4 nitrogen and oxygen atoms in total. The molecule has 0 aliphatic heterocycles. The van der Waals surface area contributed by atoms with Crippen molar-refractivity contribution in [2.75, 3.05) is 11.4 Å². The van der Waals surface area contributed by atoms with E-state index in [-0.39, 0.29) is 0 Å². The predicted molar refractivity (Wildman–Crippen MR) is 59.6 cm³/mol. The van der Waals surface area contributed by atoms with Crippen LogP contribution in [-0.4, -0.2) is 17.6 Å². The highest BCUT2D eigenvalue weighted by molar-refractivity contribution is 5.50. The fourth-order valence-corrected chi connectivity index (χ4v) is 1.74. The van der Waals surface area contributed by atoms with Gasteiger partial charge in [0.25, 0.3) is 0 Å². The van der Waals surface area contributed by atoms with Crippen LogP contribution in [0.15, 0.2) is 18.3 Å². The van der Waals surface area contributed by atoms with E-state index >= 15 is 0 Å². The van der Waals surface area contributed by atoms with Crippen molar-refractivity contribution in [3.05, 3.63) is 24.0 Å². The van der Waals surface area contributed by atoms with Crippen LogP contribution in [0, 0.1) is 22.7 Å². The van der Waals surface area contributed by atoms with Gasteiger partial charge in [0.05, 0.1) is 12.5 Å². The van der Waals surface area contributed by atoms with E-state index < -0.39 is 0 Å². The Bertz CT molecular complexity index is 451. The molecule has 0 radical (unpaired) electrons. The summed E-state index contributed by atoms with van der Waals surface area (Å²) in [6.07, 6.45) is 4.52. The van der Waals surface area contributed by atoms with E-state index in [0.29, 0.717) is 18.2 Å². The lowest BCUT2D eigenvalue weighted by molar-refractivity contribution is 0.792. The summed E-state index contributed by atoms with van der Waals surface area (Å²) in [6, 6.07) is 8.42. The lowest BCUT2D eigenvalue weighted by Crippen LogP contribution is -2.26. The molecule has 0 saturated heterocycles. The molecule has 0 aromatic carbocycles. The van der Waals surface area contributed by atoms with Crippen molar-refractivity contribution in [2.24, 2.45) is 0 Å². The van der Waals surface area contributed by atoms with Crippen molar-refractivity contribution in [1.29, 1.82) is 10.5 Å². The first-order valence-corrected chi connectivity index (χ1v) is 5.35. The van der Waals surface area contributed by atoms with Gasteiger partial charge in [0.2, 0.25) is 0 Å². The average Bonchev–Trinajstić information content (AvgIpc) is 3.14. The van der Waals surface area contributed by atoms with Crippen LogP contribution >= 0.6 is 0 Å². The van der Waals surface area contributed by atoms with Crippen LogP contribution in [0.25, 0.3) is 0 Å². The third-order valence-corrected chi connectivity index (χ3v) is 2.64. The summed E-state index contributed by atoms with van der Waals surface area (Å²) in [5, 5.41) is 17.4. The number of nitrogens with zero attached hydrogens (tertiary/aromatic N) is 4. The molecule has 0 atom stereocenters. The van der Waals surface area contributed by atoms with Crippen LogP contribution in [0.3, 0.4) is 0 Å². The molecule has 4 heteroatoms. The molecular formula is C12H12N4. The molecule has 1 aliphatic rings. The third-order valence-electron chi connectivity index (χ3n) is 2.64. The third kappa shape index (κ3) is 2.29. The van der Waals surface area contributed by atoms with Gasteiger partial charge in [-0.25, -0.2) is 4.98 Å². The molecule has 0 N–H and O–H groups in total. The summed E-state index contributed by atoms with van der Waals surface area (Å²) >= 11 is 0. The van der Waals surface area contributed by atoms with Crippen LogP contribution in [0.1, 0.15) is 25.0 Å². The smallest absolute Gasteiger partial charge is 0.142 e. The summed E-state index contributed by atoms with van der Waals surface area (Å²) in [7, 11) is 0. The normalized spacial score (nSPS) is 13.9. The van der Waals surface area contributed by atoms with E-state index in [1.807, 2.05) is 12.1 Å². The number of rotatable bonds is 4. The molecule has 0 bridgehead atoms. The molecule has 1 aromatic heterocycles. The summed E-state index contributed by atoms with van der Waals surface area (Å²) in [6.45, 7) is 0.732. The van der Waals surface area contributed by atoms with Gasteiger partial charge in [-0.05, 0) is 25.0 Å². The summed E-state index contributed by atoms with van der Waals surface area (Å²) in [5.41, 5.74) is 1.43. The molecule has 1 aliphatic carbocycles. The second-order valence-electron chi connectivity index (χ2n) is 3.84. The van der Waals surface area contributed by atoms with Crippen LogP contribution in [0.5, 0.6) is 0 Å². The highest BCUT2D eigenvalue weighted by atomic mass is 15.2. The highest BCUT2D eigenvalue weighted by Crippen LogP contribution is 2.31. The molecule has 1 heterocycles. The van der Waals surface area contributed by atoms with E-state index in [1.165, 1.54) is 12.8 Å². The van der Waals surface area contributed by atoms with Crippen molar-refractivity contribution >= 4 is 5.69 Å². The monoisotopic (exact) mass is 212 g/mol. The SMILES string of the molecule is N#CCCN(c1ccnc(C#N)c1)C1CC1. The van der Waals surface area contributed by atoms with Crippen LogP contribution in [0.2, 0.25) is 0 Å². The zero-order valence-electron chi connectivity index (χ0n) is 8.93. The Kier molecular flexibility index (Phi) is 3.03. The summed E-state index contributed by atoms with van der Waals surface area (Å²) in [4.78, 5) is 6.15. The molecule has 80 valence electrons. The Balaban J connectivity index is 2.18. The Labute approximate surface area is 94.7 Å². The summed E-state index contributed by atoms with van der Waals surface area (Å²) in [5.74, 6) is 0. The van der Waals surface area contributed by atoms with Gasteiger partial charge in [-0.1, -0.05) is 0 Å². The number of aromatic nitrogens is 1. The van der Waals surface area contributed by atoms with Gasteiger partial charge in [-0.3, -0.25) is 0 Å². The quantitative estimate of drug-likeness (QED) is 0.763. The fourth-order valence-electron chi connectivity index (χ4n) is 1.74. The first-order chi connectivity index (χ1) is 7.85. The average molecular weight is 212 g/mol. The van der Waals surface area contributed by atoms with Gasteiger partial charge < -0.3 is 4.90 Å². The van der Waals surface area contributed by atoms with Crippen molar-refractivity contribution in [3.63, 3.8) is 0 Å². The maximum absolute atomic E-state index is 8.79. The highest BCUT2D eigenvalue weighted by Gasteiger charge is 2.28. The van der Waals surface area contributed by atoms with Crippen molar-refractivity contribution in [1.82, 2.24) is 4.98 Å². The maximum Gasteiger partial charge on any atom is 0.142 e. The predicted octanol–water partition coefficient (Wildman–Crippen LogP) is 1.84.